The predicted molar refractivity (Wildman–Crippen MR) is 145 cm³/mol. The van der Waals surface area contributed by atoms with Crippen molar-refractivity contribution in [1.29, 1.82) is 0 Å². The van der Waals surface area contributed by atoms with Gasteiger partial charge in [0.25, 0.3) is 5.91 Å². The number of piperidine rings is 1. The van der Waals surface area contributed by atoms with E-state index in [1.165, 1.54) is 19.2 Å². The standard InChI is InChI=1S/C28H30ClN5O5/c1-30-25(36)11-32-27(38)23-15-33(26(37)8-17-10-31-24-9-19(29)4-7-21(17)24)12-18-13-34(14-22(18)23)28(39)16-2-5-20(35)6-3-16/h2-7,9-10,18,22-23,31,35H,8,11-15H2,1H3,(H,30,36)(H,32,38). The van der Waals surface area contributed by atoms with Gasteiger partial charge >= 0.3 is 0 Å². The van der Waals surface area contributed by atoms with Crippen molar-refractivity contribution in [3.05, 3.63) is 64.8 Å². The lowest BCUT2D eigenvalue weighted by Gasteiger charge is -2.39. The van der Waals surface area contributed by atoms with E-state index in [-0.39, 0.29) is 60.7 Å². The molecule has 0 bridgehead atoms. The second-order valence-corrected chi connectivity index (χ2v) is 10.6. The van der Waals surface area contributed by atoms with E-state index in [9.17, 15) is 24.3 Å². The van der Waals surface area contributed by atoms with E-state index in [1.807, 2.05) is 6.07 Å². The Morgan fingerprint density at radius 3 is 2.51 bits per heavy atom. The molecule has 2 aliphatic rings. The van der Waals surface area contributed by atoms with E-state index in [0.29, 0.717) is 30.2 Å². The molecule has 3 heterocycles. The van der Waals surface area contributed by atoms with Crippen molar-refractivity contribution in [3.8, 4) is 5.75 Å². The number of H-pyrrole nitrogens is 1. The molecular weight excluding hydrogens is 522 g/mol. The van der Waals surface area contributed by atoms with Crippen LogP contribution in [-0.4, -0.2) is 83.3 Å². The first-order chi connectivity index (χ1) is 18.7. The number of carbonyl (C=O) groups excluding carboxylic acids is 4. The number of aromatic hydroxyl groups is 1. The van der Waals surface area contributed by atoms with Crippen molar-refractivity contribution < 1.29 is 24.3 Å². The van der Waals surface area contributed by atoms with Crippen LogP contribution in [0.15, 0.2) is 48.7 Å². The second-order valence-electron chi connectivity index (χ2n) is 10.2. The first kappa shape index (κ1) is 26.6. The van der Waals surface area contributed by atoms with Gasteiger partial charge in [-0.3, -0.25) is 19.2 Å². The largest absolute Gasteiger partial charge is 0.508 e. The number of phenols is 1. The van der Waals surface area contributed by atoms with Gasteiger partial charge in [-0.25, -0.2) is 0 Å². The monoisotopic (exact) mass is 551 g/mol. The molecule has 0 spiro atoms. The van der Waals surface area contributed by atoms with Crippen molar-refractivity contribution in [2.75, 3.05) is 39.8 Å². The van der Waals surface area contributed by atoms with Gasteiger partial charge in [0, 0.05) is 60.9 Å². The van der Waals surface area contributed by atoms with E-state index in [4.69, 9.17) is 11.6 Å². The molecule has 2 fully saturated rings. The lowest BCUT2D eigenvalue weighted by molar-refractivity contribution is -0.139. The Balaban J connectivity index is 1.35. The van der Waals surface area contributed by atoms with Crippen molar-refractivity contribution in [2.24, 2.45) is 17.8 Å². The third-order valence-corrected chi connectivity index (χ3v) is 7.98. The zero-order chi connectivity index (χ0) is 27.7. The Kier molecular flexibility index (Phi) is 7.47. The number of likely N-dealkylation sites (tertiary alicyclic amines) is 2. The van der Waals surface area contributed by atoms with Crippen LogP contribution in [0, 0.1) is 17.8 Å². The lowest BCUT2D eigenvalue weighted by Crippen LogP contribution is -2.54. The number of aromatic amines is 1. The number of nitrogens with zero attached hydrogens (tertiary/aromatic N) is 2. The quantitative estimate of drug-likeness (QED) is 0.370. The molecule has 39 heavy (non-hydrogen) atoms. The first-order valence-corrected chi connectivity index (χ1v) is 13.2. The fourth-order valence-electron chi connectivity index (χ4n) is 5.68. The number of amides is 4. The minimum absolute atomic E-state index is 0.0712. The molecular formula is C28H30ClN5O5. The zero-order valence-corrected chi connectivity index (χ0v) is 22.2. The van der Waals surface area contributed by atoms with Crippen LogP contribution in [0.1, 0.15) is 15.9 Å². The van der Waals surface area contributed by atoms with Gasteiger partial charge in [-0.2, -0.15) is 0 Å². The summed E-state index contributed by atoms with van der Waals surface area (Å²) in [6, 6.07) is 11.5. The molecule has 11 heteroatoms. The van der Waals surface area contributed by atoms with Crippen molar-refractivity contribution in [3.63, 3.8) is 0 Å². The number of hydrogen-bond donors (Lipinski definition) is 4. The van der Waals surface area contributed by atoms with Gasteiger partial charge < -0.3 is 30.5 Å². The van der Waals surface area contributed by atoms with Crippen molar-refractivity contribution >= 4 is 46.1 Å². The maximum atomic E-state index is 13.5. The Hall–Kier alpha value is -4.05. The molecule has 4 amide bonds. The van der Waals surface area contributed by atoms with Crippen LogP contribution < -0.4 is 10.6 Å². The molecule has 0 radical (unpaired) electrons. The van der Waals surface area contributed by atoms with Gasteiger partial charge in [0.2, 0.25) is 17.7 Å². The first-order valence-electron chi connectivity index (χ1n) is 12.8. The number of likely N-dealkylation sites (N-methyl/N-ethyl adjacent to an activating group) is 1. The van der Waals surface area contributed by atoms with Crippen LogP contribution in [0.4, 0.5) is 0 Å². The highest BCUT2D eigenvalue weighted by molar-refractivity contribution is 6.31. The fourth-order valence-corrected chi connectivity index (χ4v) is 5.85. The summed E-state index contributed by atoms with van der Waals surface area (Å²) in [6.45, 7) is 1.24. The SMILES string of the molecule is CNC(=O)CNC(=O)C1CN(C(=O)Cc2c[nH]c3cc(Cl)ccc23)CC2CN(C(=O)c3ccc(O)cc3)CC21. The van der Waals surface area contributed by atoms with Gasteiger partial charge in [-0.15, -0.1) is 0 Å². The van der Waals surface area contributed by atoms with E-state index in [0.717, 1.165) is 16.5 Å². The van der Waals surface area contributed by atoms with Crippen LogP contribution in [0.5, 0.6) is 5.75 Å². The van der Waals surface area contributed by atoms with Crippen molar-refractivity contribution in [2.45, 2.75) is 6.42 Å². The lowest BCUT2D eigenvalue weighted by atomic mass is 9.79. The van der Waals surface area contributed by atoms with Crippen LogP contribution >= 0.6 is 11.6 Å². The number of rotatable bonds is 6. The van der Waals surface area contributed by atoms with Gasteiger partial charge in [0.15, 0.2) is 0 Å². The highest BCUT2D eigenvalue weighted by Crippen LogP contribution is 2.36. The fraction of sp³-hybridized carbons (Fsp3) is 0.357. The Labute approximate surface area is 230 Å². The third-order valence-electron chi connectivity index (χ3n) is 7.74. The van der Waals surface area contributed by atoms with Crippen LogP contribution in [0.3, 0.4) is 0 Å². The molecule has 0 saturated carbocycles. The Morgan fingerprint density at radius 1 is 1.03 bits per heavy atom. The maximum absolute atomic E-state index is 13.5. The molecule has 3 unspecified atom stereocenters. The molecule has 2 aliphatic heterocycles. The predicted octanol–water partition coefficient (Wildman–Crippen LogP) is 1.78. The number of halogens is 1. The van der Waals surface area contributed by atoms with Gasteiger partial charge in [-0.1, -0.05) is 17.7 Å². The molecule has 10 nitrogen and oxygen atoms in total. The summed E-state index contributed by atoms with van der Waals surface area (Å²) >= 11 is 6.09. The summed E-state index contributed by atoms with van der Waals surface area (Å²) in [5.74, 6) is -1.69. The van der Waals surface area contributed by atoms with Gasteiger partial charge in [-0.05, 0) is 53.8 Å². The molecule has 0 aliphatic carbocycles. The number of phenolic OH excluding ortho intramolecular Hbond substituents is 1. The van der Waals surface area contributed by atoms with Crippen LogP contribution in [0.2, 0.25) is 5.02 Å². The summed E-state index contributed by atoms with van der Waals surface area (Å²) in [7, 11) is 1.49. The summed E-state index contributed by atoms with van der Waals surface area (Å²) in [6.07, 6.45) is 1.95. The normalized spacial score (nSPS) is 20.5. The second kappa shape index (κ2) is 11.0. The van der Waals surface area contributed by atoms with E-state index in [1.54, 1.807) is 40.3 Å². The topological polar surface area (TPSA) is 135 Å². The Bertz CT molecular complexity index is 1420. The molecule has 5 rings (SSSR count). The van der Waals surface area contributed by atoms with E-state index in [2.05, 4.69) is 15.6 Å². The summed E-state index contributed by atoms with van der Waals surface area (Å²) in [5, 5.41) is 16.3. The average Bonchev–Trinajstić information content (AvgIpc) is 3.54. The third kappa shape index (κ3) is 5.56. The highest BCUT2D eigenvalue weighted by Gasteiger charge is 2.47. The van der Waals surface area contributed by atoms with Crippen molar-refractivity contribution in [1.82, 2.24) is 25.4 Å². The number of hydrogen-bond acceptors (Lipinski definition) is 5. The minimum atomic E-state index is -0.572. The van der Waals surface area contributed by atoms with Crippen LogP contribution in [-0.2, 0) is 20.8 Å². The number of aromatic nitrogens is 1. The maximum Gasteiger partial charge on any atom is 0.253 e. The summed E-state index contributed by atoms with van der Waals surface area (Å²) in [4.78, 5) is 58.3. The smallest absolute Gasteiger partial charge is 0.253 e. The molecule has 1 aromatic heterocycles. The highest BCUT2D eigenvalue weighted by atomic mass is 35.5. The molecule has 3 aromatic rings. The summed E-state index contributed by atoms with van der Waals surface area (Å²) in [5.41, 5.74) is 2.12. The molecule has 2 aromatic carbocycles. The molecule has 204 valence electrons. The van der Waals surface area contributed by atoms with E-state index < -0.39 is 5.92 Å². The Morgan fingerprint density at radius 2 is 1.77 bits per heavy atom. The van der Waals surface area contributed by atoms with E-state index >= 15 is 0 Å². The average molecular weight is 552 g/mol. The van der Waals surface area contributed by atoms with Gasteiger partial charge in [0.1, 0.15) is 5.75 Å². The zero-order valence-electron chi connectivity index (χ0n) is 21.4. The van der Waals surface area contributed by atoms with Crippen LogP contribution in [0.25, 0.3) is 10.9 Å². The minimum Gasteiger partial charge on any atom is -0.508 e. The molecule has 2 saturated heterocycles. The number of carbonyl (C=O) groups is 4. The molecule has 3 atom stereocenters. The number of benzene rings is 2. The van der Waals surface area contributed by atoms with Gasteiger partial charge in [0.05, 0.1) is 18.9 Å². The number of nitrogens with one attached hydrogen (secondary N) is 3. The molecule has 4 N–H and O–H groups in total. The summed E-state index contributed by atoms with van der Waals surface area (Å²) < 4.78 is 0. The number of fused-ring (bicyclic) bond motifs is 2.